The monoisotopic (exact) mass is 265 g/mol. The van der Waals surface area contributed by atoms with E-state index in [1.54, 1.807) is 6.33 Å². The van der Waals surface area contributed by atoms with E-state index in [0.717, 1.165) is 49.2 Å². The Labute approximate surface area is 109 Å². The minimum absolute atomic E-state index is 0.811. The van der Waals surface area contributed by atoms with Crippen LogP contribution in [0.15, 0.2) is 6.33 Å². The maximum Gasteiger partial charge on any atom is 0.147 e. The molecule has 3 rings (SSSR count). The standard InChI is InChI=1S/C10H15N7S/c1-2-11-10-8(13-15-18-10)5-16-3-4-17-7-12-14-9(17)6-16/h7,11H,2-6H2,1H3. The lowest BCUT2D eigenvalue weighted by molar-refractivity contribution is 0.207. The Hall–Kier alpha value is -1.54. The Morgan fingerprint density at radius 2 is 2.33 bits per heavy atom. The van der Waals surface area contributed by atoms with Crippen LogP contribution in [0.25, 0.3) is 0 Å². The van der Waals surface area contributed by atoms with Crippen LogP contribution in [0.5, 0.6) is 0 Å². The molecule has 2 aromatic heterocycles. The van der Waals surface area contributed by atoms with Crippen LogP contribution >= 0.6 is 11.5 Å². The van der Waals surface area contributed by atoms with Crippen LogP contribution < -0.4 is 5.32 Å². The predicted molar refractivity (Wildman–Crippen MR) is 68.2 cm³/mol. The molecule has 0 spiro atoms. The summed E-state index contributed by atoms with van der Waals surface area (Å²) in [7, 11) is 0. The lowest BCUT2D eigenvalue weighted by Gasteiger charge is -2.26. The summed E-state index contributed by atoms with van der Waals surface area (Å²) in [5.74, 6) is 1.02. The van der Waals surface area contributed by atoms with Gasteiger partial charge in [0.15, 0.2) is 0 Å². The fourth-order valence-electron chi connectivity index (χ4n) is 2.07. The molecule has 1 aliphatic rings. The number of anilines is 1. The summed E-state index contributed by atoms with van der Waals surface area (Å²) in [4.78, 5) is 2.32. The maximum absolute atomic E-state index is 4.19. The van der Waals surface area contributed by atoms with Gasteiger partial charge in [-0.2, -0.15) is 0 Å². The predicted octanol–water partition coefficient (Wildman–Crippen LogP) is 0.577. The second kappa shape index (κ2) is 4.99. The maximum atomic E-state index is 4.19. The van der Waals surface area contributed by atoms with Gasteiger partial charge < -0.3 is 9.88 Å². The Balaban J connectivity index is 1.69. The molecule has 0 amide bonds. The van der Waals surface area contributed by atoms with E-state index in [0.29, 0.717) is 0 Å². The van der Waals surface area contributed by atoms with Crippen molar-refractivity contribution in [3.8, 4) is 0 Å². The molecule has 18 heavy (non-hydrogen) atoms. The van der Waals surface area contributed by atoms with E-state index in [2.05, 4.69) is 41.5 Å². The molecule has 1 aliphatic heterocycles. The van der Waals surface area contributed by atoms with Crippen molar-refractivity contribution < 1.29 is 0 Å². The Morgan fingerprint density at radius 3 is 3.22 bits per heavy atom. The Bertz CT molecular complexity index is 520. The number of nitrogens with zero attached hydrogens (tertiary/aromatic N) is 6. The summed E-state index contributed by atoms with van der Waals surface area (Å²) < 4.78 is 6.11. The van der Waals surface area contributed by atoms with Gasteiger partial charge in [0.1, 0.15) is 22.8 Å². The molecule has 0 unspecified atom stereocenters. The smallest absolute Gasteiger partial charge is 0.147 e. The van der Waals surface area contributed by atoms with E-state index in [1.807, 2.05) is 0 Å². The summed E-state index contributed by atoms with van der Waals surface area (Å²) in [6, 6.07) is 0. The van der Waals surface area contributed by atoms with Gasteiger partial charge in [0.05, 0.1) is 6.54 Å². The number of rotatable bonds is 4. The molecule has 8 heteroatoms. The second-order valence-corrected chi connectivity index (χ2v) is 4.98. The van der Waals surface area contributed by atoms with Crippen LogP contribution in [-0.2, 0) is 19.6 Å². The quantitative estimate of drug-likeness (QED) is 0.871. The van der Waals surface area contributed by atoms with Gasteiger partial charge in [0.2, 0.25) is 0 Å². The first-order valence-electron chi connectivity index (χ1n) is 6.01. The first kappa shape index (κ1) is 11.5. The van der Waals surface area contributed by atoms with Gasteiger partial charge in [-0.05, 0) is 6.92 Å². The molecule has 0 bridgehead atoms. The van der Waals surface area contributed by atoms with Crippen molar-refractivity contribution in [1.29, 1.82) is 0 Å². The van der Waals surface area contributed by atoms with E-state index in [9.17, 15) is 0 Å². The zero-order valence-electron chi connectivity index (χ0n) is 10.2. The van der Waals surface area contributed by atoms with Crippen LogP contribution in [0.2, 0.25) is 0 Å². The van der Waals surface area contributed by atoms with Crippen molar-refractivity contribution in [2.45, 2.75) is 26.6 Å². The molecule has 7 nitrogen and oxygen atoms in total. The molecule has 0 aliphatic carbocycles. The Morgan fingerprint density at radius 1 is 1.39 bits per heavy atom. The molecule has 0 fully saturated rings. The average Bonchev–Trinajstić information content (AvgIpc) is 2.99. The molecule has 0 radical (unpaired) electrons. The van der Waals surface area contributed by atoms with E-state index < -0.39 is 0 Å². The summed E-state index contributed by atoms with van der Waals surface area (Å²) in [5.41, 5.74) is 1.02. The van der Waals surface area contributed by atoms with Gasteiger partial charge in [0.25, 0.3) is 0 Å². The highest BCUT2D eigenvalue weighted by Crippen LogP contribution is 2.20. The van der Waals surface area contributed by atoms with Gasteiger partial charge in [-0.1, -0.05) is 4.49 Å². The van der Waals surface area contributed by atoms with E-state index in [4.69, 9.17) is 0 Å². The number of fused-ring (bicyclic) bond motifs is 1. The Kier molecular flexibility index (Phi) is 3.20. The van der Waals surface area contributed by atoms with E-state index >= 15 is 0 Å². The summed E-state index contributed by atoms with van der Waals surface area (Å²) >= 11 is 1.42. The fraction of sp³-hybridized carbons (Fsp3) is 0.600. The largest absolute Gasteiger partial charge is 0.374 e. The summed E-state index contributed by atoms with van der Waals surface area (Å²) in [5, 5.41) is 16.6. The summed E-state index contributed by atoms with van der Waals surface area (Å²) in [6.07, 6.45) is 1.79. The van der Waals surface area contributed by atoms with Crippen molar-refractivity contribution in [2.24, 2.45) is 0 Å². The molecule has 1 N–H and O–H groups in total. The topological polar surface area (TPSA) is 71.8 Å². The van der Waals surface area contributed by atoms with Crippen molar-refractivity contribution in [1.82, 2.24) is 29.3 Å². The third-order valence-electron chi connectivity index (χ3n) is 2.98. The first-order valence-corrected chi connectivity index (χ1v) is 6.78. The average molecular weight is 265 g/mol. The van der Waals surface area contributed by atoms with Crippen LogP contribution in [0.3, 0.4) is 0 Å². The van der Waals surface area contributed by atoms with Crippen molar-refractivity contribution in [2.75, 3.05) is 18.4 Å². The zero-order chi connectivity index (χ0) is 12.4. The van der Waals surface area contributed by atoms with Crippen LogP contribution in [0.4, 0.5) is 5.00 Å². The van der Waals surface area contributed by atoms with Gasteiger partial charge in [-0.3, -0.25) is 4.90 Å². The molecular formula is C10H15N7S. The molecule has 0 atom stereocenters. The summed E-state index contributed by atoms with van der Waals surface area (Å²) in [6.45, 7) is 6.54. The molecule has 0 saturated carbocycles. The highest BCUT2D eigenvalue weighted by Gasteiger charge is 2.19. The molecule has 2 aromatic rings. The van der Waals surface area contributed by atoms with Crippen molar-refractivity contribution in [3.63, 3.8) is 0 Å². The third-order valence-corrected chi connectivity index (χ3v) is 3.71. The van der Waals surface area contributed by atoms with Gasteiger partial charge in [-0.25, -0.2) is 0 Å². The number of hydrogen-bond acceptors (Lipinski definition) is 7. The lowest BCUT2D eigenvalue weighted by atomic mass is 10.3. The van der Waals surface area contributed by atoms with E-state index in [-0.39, 0.29) is 0 Å². The SMILES string of the molecule is CCNc1snnc1CN1CCn2cnnc2C1. The van der Waals surface area contributed by atoms with Crippen LogP contribution in [0, 0.1) is 0 Å². The fourth-order valence-corrected chi connectivity index (χ4v) is 2.71. The highest BCUT2D eigenvalue weighted by molar-refractivity contribution is 7.10. The second-order valence-electron chi connectivity index (χ2n) is 4.23. The number of hydrogen-bond donors (Lipinski definition) is 1. The lowest BCUT2D eigenvalue weighted by Crippen LogP contribution is -2.33. The zero-order valence-corrected chi connectivity index (χ0v) is 11.0. The minimum atomic E-state index is 0.811. The van der Waals surface area contributed by atoms with Gasteiger partial charge in [0, 0.05) is 37.7 Å². The van der Waals surface area contributed by atoms with Crippen molar-refractivity contribution in [3.05, 3.63) is 17.8 Å². The molecule has 0 saturated heterocycles. The first-order chi connectivity index (χ1) is 8.86. The van der Waals surface area contributed by atoms with Crippen LogP contribution in [0.1, 0.15) is 18.4 Å². The molecule has 0 aromatic carbocycles. The van der Waals surface area contributed by atoms with Gasteiger partial charge in [-0.15, -0.1) is 15.3 Å². The number of aromatic nitrogens is 5. The highest BCUT2D eigenvalue weighted by atomic mass is 32.1. The third kappa shape index (κ3) is 2.21. The normalized spacial score (nSPS) is 15.6. The number of nitrogens with one attached hydrogen (secondary N) is 1. The minimum Gasteiger partial charge on any atom is -0.374 e. The van der Waals surface area contributed by atoms with Gasteiger partial charge >= 0.3 is 0 Å². The van der Waals surface area contributed by atoms with E-state index in [1.165, 1.54) is 11.5 Å². The molecular weight excluding hydrogens is 250 g/mol. The molecule has 96 valence electrons. The molecule has 3 heterocycles. The van der Waals surface area contributed by atoms with Crippen molar-refractivity contribution >= 4 is 16.5 Å². The van der Waals surface area contributed by atoms with Crippen LogP contribution in [-0.4, -0.2) is 42.3 Å².